The number of carbonyl (C=O) groups excluding carboxylic acids is 1. The zero-order valence-electron chi connectivity index (χ0n) is 12.4. The fourth-order valence-electron chi connectivity index (χ4n) is 2.95. The van der Waals surface area contributed by atoms with Crippen LogP contribution in [0.3, 0.4) is 0 Å². The average Bonchev–Trinajstić information content (AvgIpc) is 2.89. The van der Waals surface area contributed by atoms with Gasteiger partial charge in [-0.05, 0) is 47.7 Å². The molecule has 0 radical (unpaired) electrons. The highest BCUT2D eigenvalue weighted by Crippen LogP contribution is 2.35. The van der Waals surface area contributed by atoms with Crippen molar-refractivity contribution in [1.82, 2.24) is 0 Å². The van der Waals surface area contributed by atoms with Crippen LogP contribution >= 0.6 is 0 Å². The molecule has 2 aromatic carbocycles. The Morgan fingerprint density at radius 1 is 1.00 bits per heavy atom. The Balaban J connectivity index is 2.12. The molecule has 0 saturated carbocycles. The van der Waals surface area contributed by atoms with Crippen LogP contribution in [0, 0.1) is 6.92 Å². The molecule has 2 aromatic rings. The fraction of sp³-hybridized carbons (Fsp3) is 0.235. The molecule has 22 heavy (non-hydrogen) atoms. The Morgan fingerprint density at radius 2 is 1.68 bits per heavy atom. The molecule has 4 nitrogen and oxygen atoms in total. The van der Waals surface area contributed by atoms with E-state index in [0.717, 1.165) is 41.3 Å². The minimum atomic E-state index is -3.68. The quantitative estimate of drug-likeness (QED) is 0.816. The smallest absolute Gasteiger partial charge is 0.294 e. The molecule has 114 valence electrons. The van der Waals surface area contributed by atoms with E-state index in [2.05, 4.69) is 4.18 Å². The molecule has 5 heteroatoms. The van der Waals surface area contributed by atoms with Crippen molar-refractivity contribution < 1.29 is 17.4 Å². The summed E-state index contributed by atoms with van der Waals surface area (Å²) in [5.74, 6) is 0.176. The molecule has 0 aliphatic heterocycles. The highest BCUT2D eigenvalue weighted by molar-refractivity contribution is 7.86. The van der Waals surface area contributed by atoms with Crippen molar-refractivity contribution in [2.75, 3.05) is 7.11 Å². The molecule has 0 unspecified atom stereocenters. The van der Waals surface area contributed by atoms with Crippen LogP contribution in [0.1, 0.15) is 27.9 Å². The number of benzene rings is 2. The number of rotatable bonds is 3. The van der Waals surface area contributed by atoms with Gasteiger partial charge in [0.15, 0.2) is 5.78 Å². The summed E-state index contributed by atoms with van der Waals surface area (Å²) in [4.78, 5) is 12.0. The summed E-state index contributed by atoms with van der Waals surface area (Å²) in [6, 6.07) is 10.4. The standard InChI is InChI=1S/C17H16O4S/c1-11-3-8-14-15(9-10-16(14)18)17(11)12-4-6-13(7-5-12)22(19,20)21-2/h3-8H,9-10H2,1-2H3. The minimum Gasteiger partial charge on any atom is -0.294 e. The molecular weight excluding hydrogens is 300 g/mol. The molecule has 0 amide bonds. The monoisotopic (exact) mass is 316 g/mol. The lowest BCUT2D eigenvalue weighted by Gasteiger charge is -2.12. The Morgan fingerprint density at radius 3 is 2.32 bits per heavy atom. The number of hydrogen-bond donors (Lipinski definition) is 0. The molecule has 0 bridgehead atoms. The van der Waals surface area contributed by atoms with E-state index in [4.69, 9.17) is 0 Å². The van der Waals surface area contributed by atoms with Crippen LogP contribution in [0.15, 0.2) is 41.3 Å². The van der Waals surface area contributed by atoms with Gasteiger partial charge in [-0.2, -0.15) is 8.42 Å². The number of carbonyl (C=O) groups is 1. The van der Waals surface area contributed by atoms with Crippen LogP contribution in [0.2, 0.25) is 0 Å². The van der Waals surface area contributed by atoms with Gasteiger partial charge in [-0.15, -0.1) is 0 Å². The minimum absolute atomic E-state index is 0.125. The molecule has 0 saturated heterocycles. The van der Waals surface area contributed by atoms with E-state index in [1.54, 1.807) is 12.1 Å². The summed E-state index contributed by atoms with van der Waals surface area (Å²) >= 11 is 0. The first kappa shape index (κ1) is 14.9. The van der Waals surface area contributed by atoms with E-state index < -0.39 is 10.1 Å². The second-order valence-corrected chi connectivity index (χ2v) is 7.06. The Bertz CT molecular complexity index is 849. The molecule has 0 fully saturated rings. The highest BCUT2D eigenvalue weighted by Gasteiger charge is 2.24. The maximum Gasteiger partial charge on any atom is 0.296 e. The normalized spacial score (nSPS) is 14.2. The van der Waals surface area contributed by atoms with Crippen molar-refractivity contribution in [1.29, 1.82) is 0 Å². The Kier molecular flexibility index (Phi) is 3.62. The second kappa shape index (κ2) is 5.34. The van der Waals surface area contributed by atoms with Gasteiger partial charge in [-0.3, -0.25) is 8.98 Å². The summed E-state index contributed by atoms with van der Waals surface area (Å²) in [6.45, 7) is 2.00. The lowest BCUT2D eigenvalue weighted by molar-refractivity contribution is 0.0994. The van der Waals surface area contributed by atoms with E-state index in [1.165, 1.54) is 12.1 Å². The topological polar surface area (TPSA) is 60.4 Å². The van der Waals surface area contributed by atoms with Crippen LogP contribution in [0.5, 0.6) is 0 Å². The zero-order chi connectivity index (χ0) is 15.9. The van der Waals surface area contributed by atoms with E-state index in [-0.39, 0.29) is 10.7 Å². The van der Waals surface area contributed by atoms with E-state index in [9.17, 15) is 13.2 Å². The van der Waals surface area contributed by atoms with Gasteiger partial charge in [-0.1, -0.05) is 24.3 Å². The molecule has 0 atom stereocenters. The number of Topliss-reactive ketones (excluding diaryl/α,β-unsaturated/α-hetero) is 1. The van der Waals surface area contributed by atoms with Gasteiger partial charge in [0.25, 0.3) is 10.1 Å². The van der Waals surface area contributed by atoms with Gasteiger partial charge >= 0.3 is 0 Å². The predicted octanol–water partition coefficient (Wildman–Crippen LogP) is 3.13. The lowest BCUT2D eigenvalue weighted by atomic mass is 9.92. The summed E-state index contributed by atoms with van der Waals surface area (Å²) in [6.07, 6.45) is 1.28. The van der Waals surface area contributed by atoms with E-state index >= 15 is 0 Å². The average molecular weight is 316 g/mol. The fourth-order valence-corrected chi connectivity index (χ4v) is 3.61. The lowest BCUT2D eigenvalue weighted by Crippen LogP contribution is -2.02. The van der Waals surface area contributed by atoms with Crippen LogP contribution in [0.25, 0.3) is 11.1 Å². The first-order valence-electron chi connectivity index (χ1n) is 7.01. The van der Waals surface area contributed by atoms with Crippen molar-refractivity contribution >= 4 is 15.9 Å². The molecule has 0 spiro atoms. The maximum atomic E-state index is 11.9. The van der Waals surface area contributed by atoms with Crippen LogP contribution in [0.4, 0.5) is 0 Å². The first-order valence-corrected chi connectivity index (χ1v) is 8.41. The number of ketones is 1. The van der Waals surface area contributed by atoms with Gasteiger partial charge in [0.2, 0.25) is 0 Å². The zero-order valence-corrected chi connectivity index (χ0v) is 13.2. The van der Waals surface area contributed by atoms with Crippen molar-refractivity contribution in [3.63, 3.8) is 0 Å². The van der Waals surface area contributed by atoms with Gasteiger partial charge in [0.05, 0.1) is 12.0 Å². The third-order valence-corrected chi connectivity index (χ3v) is 5.36. The summed E-state index contributed by atoms with van der Waals surface area (Å²) in [7, 11) is -2.54. The largest absolute Gasteiger partial charge is 0.296 e. The molecule has 0 heterocycles. The summed E-state index contributed by atoms with van der Waals surface area (Å²) in [5, 5.41) is 0. The van der Waals surface area contributed by atoms with Gasteiger partial charge in [0.1, 0.15) is 0 Å². The van der Waals surface area contributed by atoms with Crippen LogP contribution < -0.4 is 0 Å². The maximum absolute atomic E-state index is 11.9. The highest BCUT2D eigenvalue weighted by atomic mass is 32.2. The molecular formula is C17H16O4S. The van der Waals surface area contributed by atoms with Crippen LogP contribution in [-0.4, -0.2) is 21.3 Å². The summed E-state index contributed by atoms with van der Waals surface area (Å²) in [5.41, 5.74) is 4.88. The van der Waals surface area contributed by atoms with Crippen LogP contribution in [-0.2, 0) is 20.7 Å². The molecule has 1 aliphatic rings. The molecule has 1 aliphatic carbocycles. The third kappa shape index (κ3) is 2.36. The van der Waals surface area contributed by atoms with Crippen molar-refractivity contribution in [2.24, 2.45) is 0 Å². The number of fused-ring (bicyclic) bond motifs is 1. The van der Waals surface area contributed by atoms with Crippen molar-refractivity contribution in [3.05, 3.63) is 53.1 Å². The SMILES string of the molecule is COS(=O)(=O)c1ccc(-c2c(C)ccc3c2CCC3=O)cc1. The Hall–Kier alpha value is -1.98. The number of hydrogen-bond acceptors (Lipinski definition) is 4. The van der Waals surface area contributed by atoms with Gasteiger partial charge in [0, 0.05) is 12.0 Å². The molecule has 0 aromatic heterocycles. The summed E-state index contributed by atoms with van der Waals surface area (Å²) < 4.78 is 27.9. The van der Waals surface area contributed by atoms with Crippen molar-refractivity contribution in [3.8, 4) is 11.1 Å². The van der Waals surface area contributed by atoms with Crippen molar-refractivity contribution in [2.45, 2.75) is 24.7 Å². The molecule has 3 rings (SSSR count). The van der Waals surface area contributed by atoms with Gasteiger partial charge < -0.3 is 0 Å². The van der Waals surface area contributed by atoms with E-state index in [1.807, 2.05) is 19.1 Å². The third-order valence-electron chi connectivity index (χ3n) is 4.07. The second-order valence-electron chi connectivity index (χ2n) is 5.35. The van der Waals surface area contributed by atoms with E-state index in [0.29, 0.717) is 6.42 Å². The molecule has 0 N–H and O–H groups in total. The first-order chi connectivity index (χ1) is 10.4. The number of aryl methyl sites for hydroxylation is 1. The Labute approximate surface area is 129 Å². The predicted molar refractivity (Wildman–Crippen MR) is 83.5 cm³/mol. The van der Waals surface area contributed by atoms with Gasteiger partial charge in [-0.25, -0.2) is 0 Å².